The molecule has 10 heteroatoms. The Balaban J connectivity index is 1.35. The van der Waals surface area contributed by atoms with E-state index in [2.05, 4.69) is 4.72 Å². The monoisotopic (exact) mass is 636 g/mol. The van der Waals surface area contributed by atoms with Gasteiger partial charge in [-0.2, -0.15) is 5.10 Å². The van der Waals surface area contributed by atoms with Gasteiger partial charge in [0.1, 0.15) is 0 Å². The molecule has 0 aliphatic carbocycles. The molecule has 0 spiro atoms. The van der Waals surface area contributed by atoms with E-state index in [-0.39, 0.29) is 29.3 Å². The van der Waals surface area contributed by atoms with Gasteiger partial charge in [-0.3, -0.25) is 14.4 Å². The number of amides is 2. The number of aryl methyl sites for hydroxylation is 1. The average Bonchev–Trinajstić information content (AvgIpc) is 3.05. The SMILES string of the molecule is Cc1ccc(-c2nn(Cc3ccc(-c4ccccc4S(=O)(=O)NC(=O)CCCCC(=O)N(C)C)cc3)c(=O)c3ccccc23)cc1. The molecule has 0 unspecified atom stereocenters. The molecule has 236 valence electrons. The van der Waals surface area contributed by atoms with Crippen molar-refractivity contribution in [2.24, 2.45) is 0 Å². The zero-order chi connectivity index (χ0) is 32.8. The van der Waals surface area contributed by atoms with E-state index in [1.807, 2.05) is 61.5 Å². The van der Waals surface area contributed by atoms with Crippen LogP contribution in [0.1, 0.15) is 36.8 Å². The molecule has 9 nitrogen and oxygen atoms in total. The van der Waals surface area contributed by atoms with Gasteiger partial charge in [-0.05, 0) is 43.0 Å². The third-order valence-corrected chi connectivity index (χ3v) is 9.19. The molecule has 1 N–H and O–H groups in total. The lowest BCUT2D eigenvalue weighted by Crippen LogP contribution is -2.30. The molecule has 5 rings (SSSR count). The van der Waals surface area contributed by atoms with Gasteiger partial charge in [0.05, 0.1) is 22.5 Å². The lowest BCUT2D eigenvalue weighted by atomic mass is 10.0. The van der Waals surface area contributed by atoms with Crippen LogP contribution in [0.25, 0.3) is 33.2 Å². The Kier molecular flexibility index (Phi) is 9.77. The molecule has 0 saturated heterocycles. The zero-order valence-electron chi connectivity index (χ0n) is 26.1. The molecule has 4 aromatic carbocycles. The molecular formula is C36H36N4O5S. The van der Waals surface area contributed by atoms with Crippen LogP contribution in [0.3, 0.4) is 0 Å². The van der Waals surface area contributed by atoms with Crippen LogP contribution in [0, 0.1) is 6.92 Å². The van der Waals surface area contributed by atoms with Gasteiger partial charge >= 0.3 is 0 Å². The van der Waals surface area contributed by atoms with Gasteiger partial charge in [0.2, 0.25) is 11.8 Å². The number of fused-ring (bicyclic) bond motifs is 1. The zero-order valence-corrected chi connectivity index (χ0v) is 26.9. The highest BCUT2D eigenvalue weighted by Gasteiger charge is 2.22. The largest absolute Gasteiger partial charge is 0.349 e. The van der Waals surface area contributed by atoms with Crippen molar-refractivity contribution in [1.29, 1.82) is 0 Å². The van der Waals surface area contributed by atoms with E-state index in [9.17, 15) is 22.8 Å². The highest BCUT2D eigenvalue weighted by molar-refractivity contribution is 7.90. The number of hydrogen-bond donors (Lipinski definition) is 1. The number of hydrogen-bond acceptors (Lipinski definition) is 6. The van der Waals surface area contributed by atoms with Crippen LogP contribution < -0.4 is 10.3 Å². The predicted octanol–water partition coefficient (Wildman–Crippen LogP) is 5.54. The third-order valence-electron chi connectivity index (χ3n) is 7.76. The van der Waals surface area contributed by atoms with E-state index in [4.69, 9.17) is 5.10 Å². The fraction of sp³-hybridized carbons (Fsp3) is 0.222. The number of aromatic nitrogens is 2. The summed E-state index contributed by atoms with van der Waals surface area (Å²) in [4.78, 5) is 39.1. The summed E-state index contributed by atoms with van der Waals surface area (Å²) in [6.07, 6.45) is 1.17. The van der Waals surface area contributed by atoms with Crippen LogP contribution in [-0.4, -0.2) is 49.0 Å². The first-order valence-electron chi connectivity index (χ1n) is 15.0. The number of nitrogens with one attached hydrogen (secondary N) is 1. The van der Waals surface area contributed by atoms with Crippen molar-refractivity contribution >= 4 is 32.6 Å². The molecule has 1 aromatic heterocycles. The molecule has 2 amide bonds. The molecule has 0 atom stereocenters. The van der Waals surface area contributed by atoms with Gasteiger partial charge in [-0.1, -0.05) is 90.5 Å². The fourth-order valence-electron chi connectivity index (χ4n) is 5.21. The number of unbranched alkanes of at least 4 members (excludes halogenated alkanes) is 1. The second kappa shape index (κ2) is 13.9. The third kappa shape index (κ3) is 7.40. The first kappa shape index (κ1) is 32.3. The molecule has 0 saturated carbocycles. The van der Waals surface area contributed by atoms with E-state index < -0.39 is 15.9 Å². The summed E-state index contributed by atoms with van der Waals surface area (Å²) < 4.78 is 30.1. The number of benzene rings is 4. The van der Waals surface area contributed by atoms with Crippen molar-refractivity contribution < 1.29 is 18.0 Å². The van der Waals surface area contributed by atoms with Gasteiger partial charge in [0, 0.05) is 43.5 Å². The van der Waals surface area contributed by atoms with Crippen molar-refractivity contribution in [3.63, 3.8) is 0 Å². The Labute approximate surface area is 268 Å². The number of sulfonamides is 1. The van der Waals surface area contributed by atoms with Crippen LogP contribution in [0.4, 0.5) is 0 Å². The van der Waals surface area contributed by atoms with Crippen molar-refractivity contribution in [1.82, 2.24) is 19.4 Å². The maximum atomic E-state index is 13.4. The second-order valence-corrected chi connectivity index (χ2v) is 13.1. The molecule has 0 radical (unpaired) electrons. The molecule has 46 heavy (non-hydrogen) atoms. The summed E-state index contributed by atoms with van der Waals surface area (Å²) in [5, 5.41) is 6.12. The van der Waals surface area contributed by atoms with Gasteiger partial charge in [-0.15, -0.1) is 0 Å². The number of carbonyl (C=O) groups is 2. The highest BCUT2D eigenvalue weighted by atomic mass is 32.2. The Morgan fingerprint density at radius 1 is 0.783 bits per heavy atom. The lowest BCUT2D eigenvalue weighted by Gasteiger charge is -2.14. The standard InChI is InChI=1S/C36H36N4O5S/c1-25-16-20-28(21-17-25)35-30-11-4-5-12-31(30)36(43)40(37-35)24-26-18-22-27(23-19-26)29-10-6-7-13-32(29)46(44,45)38-33(41)14-8-9-15-34(42)39(2)3/h4-7,10-13,16-23H,8-9,14-15,24H2,1-3H3,(H,38,41). The average molecular weight is 637 g/mol. The first-order chi connectivity index (χ1) is 22.0. The predicted molar refractivity (Wildman–Crippen MR) is 180 cm³/mol. The van der Waals surface area contributed by atoms with Gasteiger partial charge < -0.3 is 4.90 Å². The fourth-order valence-corrected chi connectivity index (χ4v) is 6.46. The van der Waals surface area contributed by atoms with Crippen LogP contribution in [-0.2, 0) is 26.2 Å². The summed E-state index contributed by atoms with van der Waals surface area (Å²) in [7, 11) is -0.825. The summed E-state index contributed by atoms with van der Waals surface area (Å²) in [5.41, 5.74) is 4.44. The van der Waals surface area contributed by atoms with E-state index in [1.54, 1.807) is 50.5 Å². The van der Waals surface area contributed by atoms with Crippen molar-refractivity contribution in [2.45, 2.75) is 44.0 Å². The highest BCUT2D eigenvalue weighted by Crippen LogP contribution is 2.28. The second-order valence-electron chi connectivity index (χ2n) is 11.4. The number of rotatable bonds is 11. The number of carbonyl (C=O) groups excluding carboxylic acids is 2. The van der Waals surface area contributed by atoms with Crippen LogP contribution in [0.2, 0.25) is 0 Å². The maximum Gasteiger partial charge on any atom is 0.274 e. The van der Waals surface area contributed by atoms with Crippen LogP contribution in [0.15, 0.2) is 107 Å². The molecule has 0 fully saturated rings. The minimum Gasteiger partial charge on any atom is -0.349 e. The van der Waals surface area contributed by atoms with E-state index >= 15 is 0 Å². The normalized spacial score (nSPS) is 11.4. The molecular weight excluding hydrogens is 600 g/mol. The Hall–Kier alpha value is -5.09. The smallest absolute Gasteiger partial charge is 0.274 e. The molecule has 5 aromatic rings. The summed E-state index contributed by atoms with van der Waals surface area (Å²) in [6, 6.07) is 29.2. The Morgan fingerprint density at radius 2 is 1.39 bits per heavy atom. The Bertz CT molecular complexity index is 2050. The van der Waals surface area contributed by atoms with Gasteiger partial charge in [-0.25, -0.2) is 17.8 Å². The summed E-state index contributed by atoms with van der Waals surface area (Å²) in [5.74, 6) is -0.665. The maximum absolute atomic E-state index is 13.4. The van der Waals surface area contributed by atoms with Crippen molar-refractivity contribution in [3.8, 4) is 22.4 Å². The van der Waals surface area contributed by atoms with E-state index in [0.29, 0.717) is 35.8 Å². The first-order valence-corrected chi connectivity index (χ1v) is 16.5. The molecule has 0 aliphatic heterocycles. The quantitative estimate of drug-likeness (QED) is 0.190. The van der Waals surface area contributed by atoms with Crippen molar-refractivity contribution in [3.05, 3.63) is 119 Å². The van der Waals surface area contributed by atoms with Gasteiger partial charge in [0.25, 0.3) is 15.6 Å². The summed E-state index contributed by atoms with van der Waals surface area (Å²) in [6.45, 7) is 2.24. The lowest BCUT2D eigenvalue weighted by molar-refractivity contribution is -0.129. The van der Waals surface area contributed by atoms with Crippen molar-refractivity contribution in [2.75, 3.05) is 14.1 Å². The van der Waals surface area contributed by atoms with Crippen LogP contribution >= 0.6 is 0 Å². The molecule has 1 heterocycles. The molecule has 0 bridgehead atoms. The molecule has 0 aliphatic rings. The van der Waals surface area contributed by atoms with Crippen LogP contribution in [0.5, 0.6) is 0 Å². The van der Waals surface area contributed by atoms with E-state index in [0.717, 1.165) is 27.8 Å². The summed E-state index contributed by atoms with van der Waals surface area (Å²) >= 11 is 0. The minimum absolute atomic E-state index is 0.00932. The Morgan fingerprint density at radius 3 is 2.09 bits per heavy atom. The van der Waals surface area contributed by atoms with Gasteiger partial charge in [0.15, 0.2) is 0 Å². The minimum atomic E-state index is -4.15. The number of nitrogens with zero attached hydrogens (tertiary/aromatic N) is 3. The van der Waals surface area contributed by atoms with E-state index in [1.165, 1.54) is 15.6 Å². The topological polar surface area (TPSA) is 118 Å².